The number of halogens is 2. The van der Waals surface area contributed by atoms with Crippen molar-refractivity contribution in [2.75, 3.05) is 49.2 Å². The van der Waals surface area contributed by atoms with Crippen LogP contribution in [0.1, 0.15) is 16.0 Å². The Bertz CT molecular complexity index is 1230. The summed E-state index contributed by atoms with van der Waals surface area (Å²) in [7, 11) is -0.345. The quantitative estimate of drug-likeness (QED) is 0.469. The lowest BCUT2D eigenvalue weighted by Crippen LogP contribution is -2.53. The highest BCUT2D eigenvalue weighted by atomic mass is 79.9. The second kappa shape index (κ2) is 9.96. The van der Waals surface area contributed by atoms with E-state index in [0.717, 1.165) is 17.1 Å². The van der Waals surface area contributed by atoms with Crippen LogP contribution >= 0.6 is 35.3 Å². The van der Waals surface area contributed by atoms with Crippen molar-refractivity contribution in [3.05, 3.63) is 51.4 Å². The van der Waals surface area contributed by atoms with Crippen molar-refractivity contribution in [3.8, 4) is 0 Å². The zero-order valence-electron chi connectivity index (χ0n) is 19.5. The summed E-state index contributed by atoms with van der Waals surface area (Å²) in [6, 6.07) is 7.86. The summed E-state index contributed by atoms with van der Waals surface area (Å²) in [5.74, 6) is -0.335. The molecule has 2 fully saturated rings. The maximum atomic E-state index is 13.4. The smallest absolute Gasteiger partial charge is 0.271 e. The van der Waals surface area contributed by atoms with Gasteiger partial charge < -0.3 is 19.9 Å². The molecule has 2 saturated heterocycles. The highest BCUT2D eigenvalue weighted by Gasteiger charge is 2.49. The van der Waals surface area contributed by atoms with E-state index in [1.165, 1.54) is 16.0 Å². The van der Waals surface area contributed by atoms with Gasteiger partial charge in [-0.1, -0.05) is 29.8 Å². The Morgan fingerprint density at radius 3 is 2.81 bits per heavy atom. The van der Waals surface area contributed by atoms with E-state index >= 15 is 0 Å². The first-order valence-corrected chi connectivity index (χ1v) is 15.4. The summed E-state index contributed by atoms with van der Waals surface area (Å²) in [6.45, 7) is 3.46. The van der Waals surface area contributed by atoms with Gasteiger partial charge in [-0.05, 0) is 24.6 Å². The van der Waals surface area contributed by atoms with Gasteiger partial charge in [-0.15, -0.1) is 0 Å². The molecule has 3 unspecified atom stereocenters. The molecule has 0 bridgehead atoms. The number of amides is 2. The first kappa shape index (κ1) is 24.2. The van der Waals surface area contributed by atoms with Crippen LogP contribution in [-0.2, 0) is 27.3 Å². The molecule has 12 heteroatoms. The number of hydrazine groups is 1. The van der Waals surface area contributed by atoms with E-state index in [9.17, 15) is 9.59 Å². The van der Waals surface area contributed by atoms with Gasteiger partial charge in [0.05, 0.1) is 58.0 Å². The Labute approximate surface area is 224 Å². The number of benzene rings is 1. The van der Waals surface area contributed by atoms with Crippen LogP contribution in [0.25, 0.3) is 6.08 Å². The van der Waals surface area contributed by atoms with Gasteiger partial charge in [-0.2, -0.15) is 0 Å². The van der Waals surface area contributed by atoms with Crippen LogP contribution in [0.4, 0.5) is 10.7 Å². The molecule has 1 aromatic carbocycles. The number of fused-ring (bicyclic) bond motifs is 5. The number of hydrogen-bond acceptors (Lipinski definition) is 7. The molecule has 6 rings (SSSR count). The maximum absolute atomic E-state index is 13.4. The molecule has 1 aliphatic carbocycles. The molecule has 0 saturated carbocycles. The van der Waals surface area contributed by atoms with Crippen molar-refractivity contribution in [1.82, 2.24) is 21.1 Å². The monoisotopic (exact) mass is 593 g/mol. The number of morpholine rings is 1. The van der Waals surface area contributed by atoms with Gasteiger partial charge in [-0.3, -0.25) is 14.5 Å². The van der Waals surface area contributed by atoms with E-state index in [1.807, 2.05) is 24.3 Å². The first-order valence-electron chi connectivity index (χ1n) is 12.0. The van der Waals surface area contributed by atoms with Crippen LogP contribution in [0.5, 0.6) is 0 Å². The van der Waals surface area contributed by atoms with Gasteiger partial charge >= 0.3 is 0 Å². The third-order valence-electron chi connectivity index (χ3n) is 7.07. The molecule has 2 aromatic rings. The largest absolute Gasteiger partial charge is 0.378 e. The molecule has 2 amide bonds. The number of nitrogens with one attached hydrogen (secondary N) is 3. The summed E-state index contributed by atoms with van der Waals surface area (Å²) < 4.78 is 5.32. The average molecular weight is 595 g/mol. The number of carbonyl (C=O) groups is 2. The predicted molar refractivity (Wildman–Crippen MR) is 145 cm³/mol. The molecule has 4 aliphatic rings. The number of thiophene rings is 1. The fraction of sp³-hybridized carbons (Fsp3) is 0.417. The minimum absolute atomic E-state index is 0.0370. The Balaban J connectivity index is 1.29. The van der Waals surface area contributed by atoms with Crippen LogP contribution in [0, 0.1) is 0 Å². The summed E-state index contributed by atoms with van der Waals surface area (Å²) in [6.07, 6.45) is 4.43. The number of nitrogens with zero attached hydrogens (tertiary/aromatic N) is 3. The highest BCUT2D eigenvalue weighted by molar-refractivity contribution is 9.34. The van der Waals surface area contributed by atoms with Crippen molar-refractivity contribution in [1.29, 1.82) is 0 Å². The van der Waals surface area contributed by atoms with E-state index in [4.69, 9.17) is 16.3 Å². The maximum Gasteiger partial charge on any atom is 0.271 e. The molecule has 0 radical (unpaired) electrons. The second-order valence-corrected chi connectivity index (χ2v) is 12.8. The molecule has 3 N–H and O–H groups in total. The number of carbonyl (C=O) groups excluding carboxylic acids is 2. The topological polar surface area (TPSA) is 89.2 Å². The minimum Gasteiger partial charge on any atom is -0.378 e. The lowest BCUT2D eigenvalue weighted by atomic mass is 10.1. The van der Waals surface area contributed by atoms with Gasteiger partial charge in [0, 0.05) is 18.7 Å². The standard InChI is InChI=1S/C24H26BrClN6O3S/c25-36-19-7-3-4-15(19)16-13-31(18-6-2-1-5-17(18)26)14-20-28-29-22(32(20)24(16)36)23(34)27-12-21(33)30-8-10-35-11-9-30/h1-3,5-7,20,22,28-29H,4,8-14H2/p+1. The molecule has 3 atom stereocenters. The van der Waals surface area contributed by atoms with E-state index in [-0.39, 0.29) is 33.4 Å². The lowest BCUT2D eigenvalue weighted by molar-refractivity contribution is -0.136. The summed E-state index contributed by atoms with van der Waals surface area (Å²) in [5.41, 5.74) is 10.0. The Kier molecular flexibility index (Phi) is 6.69. The van der Waals surface area contributed by atoms with Gasteiger partial charge in [0.15, 0.2) is 11.0 Å². The van der Waals surface area contributed by atoms with Crippen molar-refractivity contribution in [2.24, 2.45) is 0 Å². The second-order valence-electron chi connectivity index (χ2n) is 9.15. The molecule has 190 valence electrons. The van der Waals surface area contributed by atoms with Crippen molar-refractivity contribution < 1.29 is 14.3 Å². The summed E-state index contributed by atoms with van der Waals surface area (Å²) >= 11 is 10.6. The molecular weight excluding hydrogens is 568 g/mol. The van der Waals surface area contributed by atoms with Crippen molar-refractivity contribution >= 4 is 63.9 Å². The SMILES string of the molecule is O=C(NCC(=O)N1CCOCC1)C1NNC2CN(c3ccccc3Cl)Cc3c4c([s+](Br)c3N21)C=CC4. The van der Waals surface area contributed by atoms with E-state index in [2.05, 4.69) is 52.9 Å². The lowest BCUT2D eigenvalue weighted by Gasteiger charge is -2.29. The number of rotatable bonds is 4. The van der Waals surface area contributed by atoms with Crippen molar-refractivity contribution in [3.63, 3.8) is 0 Å². The zero-order chi connectivity index (χ0) is 24.8. The normalized spacial score (nSPS) is 23.3. The molecule has 3 aliphatic heterocycles. The Morgan fingerprint density at radius 2 is 2.00 bits per heavy atom. The molecule has 36 heavy (non-hydrogen) atoms. The Hall–Kier alpha value is -2.15. The fourth-order valence-corrected chi connectivity index (χ4v) is 9.22. The molecule has 1 aromatic heterocycles. The van der Waals surface area contributed by atoms with Crippen LogP contribution < -0.4 is 26.0 Å². The van der Waals surface area contributed by atoms with E-state index < -0.39 is 6.17 Å². The molecule has 0 spiro atoms. The van der Waals surface area contributed by atoms with Crippen molar-refractivity contribution in [2.45, 2.75) is 25.3 Å². The van der Waals surface area contributed by atoms with Crippen LogP contribution in [0.3, 0.4) is 0 Å². The third-order valence-corrected chi connectivity index (χ3v) is 10.9. The van der Waals surface area contributed by atoms with Crippen LogP contribution in [0.15, 0.2) is 30.3 Å². The number of allylic oxidation sites excluding steroid dienone is 1. The summed E-state index contributed by atoms with van der Waals surface area (Å²) in [5, 5.41) is 4.67. The number of anilines is 2. The molecule has 9 nitrogen and oxygen atoms in total. The van der Waals surface area contributed by atoms with Gasteiger partial charge in [0.1, 0.15) is 6.17 Å². The zero-order valence-corrected chi connectivity index (χ0v) is 22.7. The van der Waals surface area contributed by atoms with E-state index in [1.54, 1.807) is 4.90 Å². The van der Waals surface area contributed by atoms with Gasteiger partial charge in [-0.25, -0.2) is 10.9 Å². The number of para-hydroxylation sites is 1. The van der Waals surface area contributed by atoms with E-state index in [0.29, 0.717) is 44.4 Å². The fourth-order valence-electron chi connectivity index (χ4n) is 5.30. The van der Waals surface area contributed by atoms with Gasteiger partial charge in [0.2, 0.25) is 5.91 Å². The summed E-state index contributed by atoms with van der Waals surface area (Å²) in [4.78, 5) is 33.4. The van der Waals surface area contributed by atoms with Gasteiger partial charge in [0.25, 0.3) is 25.7 Å². The van der Waals surface area contributed by atoms with Crippen LogP contribution in [-0.4, -0.2) is 68.4 Å². The molecular formula is C24H27BrClN6O3S+. The number of hydrogen-bond donors (Lipinski definition) is 3. The number of ether oxygens (including phenoxy) is 1. The molecule has 4 heterocycles. The highest BCUT2D eigenvalue weighted by Crippen LogP contribution is 2.54. The average Bonchev–Trinajstić information content (AvgIpc) is 3.57. The Morgan fingerprint density at radius 1 is 1.19 bits per heavy atom. The van der Waals surface area contributed by atoms with Crippen LogP contribution in [0.2, 0.25) is 5.02 Å². The predicted octanol–water partition coefficient (Wildman–Crippen LogP) is 2.38. The third kappa shape index (κ3) is 4.21. The first-order chi connectivity index (χ1) is 17.5. The minimum atomic E-state index is -0.653.